The Bertz CT molecular complexity index is 1200. The molecule has 0 saturated heterocycles. The van der Waals surface area contributed by atoms with Gasteiger partial charge in [0, 0.05) is 17.8 Å². The lowest BCUT2D eigenvalue weighted by Crippen LogP contribution is -2.42. The average Bonchev–Trinajstić information content (AvgIpc) is 3.17. The Morgan fingerprint density at radius 1 is 0.900 bits per heavy atom. The van der Waals surface area contributed by atoms with E-state index in [2.05, 4.69) is 10.6 Å². The third-order valence-corrected chi connectivity index (χ3v) is 4.28. The molecule has 0 spiro atoms. The number of hydrogen-bond acceptors (Lipinski definition) is 5. The molecule has 8 heteroatoms. The zero-order chi connectivity index (χ0) is 20.9. The van der Waals surface area contributed by atoms with E-state index in [1.807, 2.05) is 30.3 Å². The predicted octanol–water partition coefficient (Wildman–Crippen LogP) is 3.30. The maximum atomic E-state index is 12.7. The van der Waals surface area contributed by atoms with Crippen LogP contribution in [0, 0.1) is 0 Å². The Kier molecular flexibility index (Phi) is 5.29. The molecule has 3 aromatic carbocycles. The minimum Gasteiger partial charge on any atom is -0.497 e. The third-order valence-electron chi connectivity index (χ3n) is 4.28. The van der Waals surface area contributed by atoms with Gasteiger partial charge in [-0.1, -0.05) is 18.2 Å². The van der Waals surface area contributed by atoms with Gasteiger partial charge in [-0.15, -0.1) is 0 Å². The number of carbonyl (C=O) groups is 1. The van der Waals surface area contributed by atoms with Crippen LogP contribution >= 0.6 is 0 Å². The molecule has 1 heterocycles. The van der Waals surface area contributed by atoms with Crippen molar-refractivity contribution in [2.24, 2.45) is 0 Å². The van der Waals surface area contributed by atoms with Crippen LogP contribution in [0.25, 0.3) is 5.69 Å². The molecular formula is C22H18N3O5+. The number of ether oxygens (including phenoxy) is 2. The van der Waals surface area contributed by atoms with E-state index in [1.54, 1.807) is 55.6 Å². The number of aromatic nitrogens is 2. The first-order chi connectivity index (χ1) is 14.6. The molecule has 0 radical (unpaired) electrons. The molecular weight excluding hydrogens is 386 g/mol. The molecule has 0 bridgehead atoms. The molecule has 4 aromatic rings. The fourth-order valence-corrected chi connectivity index (χ4v) is 2.80. The van der Waals surface area contributed by atoms with Crippen molar-refractivity contribution in [1.82, 2.24) is 5.27 Å². The SMILES string of the molecule is COc1ccc(-[n+]2[nH]oc(=O)c2C(=O)Nc2ccc(Oc3ccccc3)cc2)cc1. The van der Waals surface area contributed by atoms with Gasteiger partial charge in [0.25, 0.3) is 0 Å². The maximum absolute atomic E-state index is 12.7. The second-order valence-corrected chi connectivity index (χ2v) is 6.26. The van der Waals surface area contributed by atoms with Crippen LogP contribution in [0.5, 0.6) is 17.2 Å². The van der Waals surface area contributed by atoms with E-state index in [0.29, 0.717) is 28.6 Å². The fraction of sp³-hybridized carbons (Fsp3) is 0.0455. The summed E-state index contributed by atoms with van der Waals surface area (Å²) in [5, 5.41) is 5.13. The number of nitrogens with one attached hydrogen (secondary N) is 2. The van der Waals surface area contributed by atoms with Crippen molar-refractivity contribution in [2.45, 2.75) is 0 Å². The van der Waals surface area contributed by atoms with E-state index < -0.39 is 11.5 Å². The summed E-state index contributed by atoms with van der Waals surface area (Å²) in [5.74, 6) is 1.36. The number of benzene rings is 3. The van der Waals surface area contributed by atoms with Crippen LogP contribution in [-0.2, 0) is 0 Å². The molecule has 1 amide bonds. The number of rotatable bonds is 6. The van der Waals surface area contributed by atoms with Gasteiger partial charge < -0.3 is 14.8 Å². The number of para-hydroxylation sites is 1. The van der Waals surface area contributed by atoms with Crippen molar-refractivity contribution in [3.63, 3.8) is 0 Å². The highest BCUT2D eigenvalue weighted by Crippen LogP contribution is 2.22. The lowest BCUT2D eigenvalue weighted by Gasteiger charge is -2.07. The van der Waals surface area contributed by atoms with Gasteiger partial charge in [-0.2, -0.15) is 0 Å². The lowest BCUT2D eigenvalue weighted by molar-refractivity contribution is -0.672. The second kappa shape index (κ2) is 8.36. The number of amides is 1. The quantitative estimate of drug-likeness (QED) is 0.481. The molecule has 0 saturated carbocycles. The van der Waals surface area contributed by atoms with Crippen LogP contribution in [0.4, 0.5) is 5.69 Å². The normalized spacial score (nSPS) is 10.4. The molecule has 8 nitrogen and oxygen atoms in total. The number of methoxy groups -OCH3 is 1. The maximum Gasteiger partial charge on any atom is 0.441 e. The van der Waals surface area contributed by atoms with Gasteiger partial charge in [0.05, 0.1) is 7.11 Å². The molecule has 0 fully saturated rings. The molecule has 0 aliphatic heterocycles. The predicted molar refractivity (Wildman–Crippen MR) is 108 cm³/mol. The Balaban J connectivity index is 1.51. The largest absolute Gasteiger partial charge is 0.497 e. The molecule has 0 aliphatic carbocycles. The second-order valence-electron chi connectivity index (χ2n) is 6.26. The first-order valence-corrected chi connectivity index (χ1v) is 9.06. The molecule has 30 heavy (non-hydrogen) atoms. The summed E-state index contributed by atoms with van der Waals surface area (Å²) in [7, 11) is 1.55. The van der Waals surface area contributed by atoms with Crippen LogP contribution in [0.15, 0.2) is 88.2 Å². The van der Waals surface area contributed by atoms with Crippen LogP contribution in [0.1, 0.15) is 10.5 Å². The Labute approximate surface area is 171 Å². The van der Waals surface area contributed by atoms with Crippen LogP contribution in [0.2, 0.25) is 0 Å². The number of nitrogens with zero attached hydrogens (tertiary/aromatic N) is 1. The highest BCUT2D eigenvalue weighted by atomic mass is 16.5. The molecule has 2 N–H and O–H groups in total. The fourth-order valence-electron chi connectivity index (χ4n) is 2.80. The van der Waals surface area contributed by atoms with Crippen molar-refractivity contribution >= 4 is 11.6 Å². The average molecular weight is 404 g/mol. The molecule has 0 aliphatic rings. The molecule has 1 aromatic heterocycles. The number of carbonyl (C=O) groups excluding carboxylic acids is 1. The van der Waals surface area contributed by atoms with E-state index in [-0.39, 0.29) is 5.69 Å². The summed E-state index contributed by atoms with van der Waals surface area (Å²) in [6, 6.07) is 23.0. The zero-order valence-corrected chi connectivity index (χ0v) is 16.0. The van der Waals surface area contributed by atoms with Gasteiger partial charge in [-0.05, 0) is 58.5 Å². The minimum absolute atomic E-state index is 0.190. The van der Waals surface area contributed by atoms with E-state index in [0.717, 1.165) is 0 Å². The Morgan fingerprint density at radius 2 is 1.53 bits per heavy atom. The summed E-state index contributed by atoms with van der Waals surface area (Å²) in [6.07, 6.45) is 0. The first-order valence-electron chi connectivity index (χ1n) is 9.06. The molecule has 0 unspecified atom stereocenters. The number of H-pyrrole nitrogens is 1. The van der Waals surface area contributed by atoms with Crippen molar-refractivity contribution < 1.29 is 23.5 Å². The lowest BCUT2D eigenvalue weighted by atomic mass is 10.2. The Hall–Kier alpha value is -4.33. The summed E-state index contributed by atoms with van der Waals surface area (Å²) in [6.45, 7) is 0. The highest BCUT2D eigenvalue weighted by Gasteiger charge is 2.30. The van der Waals surface area contributed by atoms with Gasteiger partial charge in [0.1, 0.15) is 17.2 Å². The first kappa shape index (κ1) is 19.0. The molecule has 0 atom stereocenters. The smallest absolute Gasteiger partial charge is 0.441 e. The summed E-state index contributed by atoms with van der Waals surface area (Å²) in [5.41, 5.74) is 0.0674. The highest BCUT2D eigenvalue weighted by molar-refractivity contribution is 6.01. The van der Waals surface area contributed by atoms with Crippen LogP contribution in [-0.4, -0.2) is 18.3 Å². The van der Waals surface area contributed by atoms with E-state index >= 15 is 0 Å². The van der Waals surface area contributed by atoms with E-state index in [4.69, 9.17) is 14.0 Å². The topological polar surface area (TPSA) is 97.4 Å². The van der Waals surface area contributed by atoms with Crippen molar-refractivity contribution in [3.8, 4) is 22.9 Å². The van der Waals surface area contributed by atoms with Gasteiger partial charge in [-0.25, -0.2) is 4.79 Å². The Morgan fingerprint density at radius 3 is 2.20 bits per heavy atom. The number of aromatic amines is 1. The van der Waals surface area contributed by atoms with E-state index in [1.165, 1.54) is 4.68 Å². The monoisotopic (exact) mass is 404 g/mol. The van der Waals surface area contributed by atoms with Gasteiger partial charge in [0.2, 0.25) is 5.69 Å². The van der Waals surface area contributed by atoms with Crippen molar-refractivity contribution in [1.29, 1.82) is 0 Å². The van der Waals surface area contributed by atoms with Crippen LogP contribution < -0.4 is 25.1 Å². The van der Waals surface area contributed by atoms with Gasteiger partial charge >= 0.3 is 17.2 Å². The van der Waals surface area contributed by atoms with Crippen molar-refractivity contribution in [3.05, 3.63) is 95.0 Å². The minimum atomic E-state index is -0.785. The van der Waals surface area contributed by atoms with Crippen molar-refractivity contribution in [2.75, 3.05) is 12.4 Å². The molecule has 4 rings (SSSR count). The standard InChI is InChI=1S/C22H17N3O5/c1-28-17-13-9-16(10-14-17)25-20(22(27)30-24-25)21(26)23-15-7-11-19(12-8-15)29-18-5-3-2-4-6-18/h2-14H,1H3,(H-,23,24,26,27)/p+1. The zero-order valence-electron chi connectivity index (χ0n) is 16.0. The van der Waals surface area contributed by atoms with Crippen LogP contribution in [0.3, 0.4) is 0 Å². The number of hydrogen-bond donors (Lipinski definition) is 2. The van der Waals surface area contributed by atoms with E-state index in [9.17, 15) is 9.59 Å². The number of anilines is 1. The van der Waals surface area contributed by atoms with Gasteiger partial charge in [-0.3, -0.25) is 9.32 Å². The summed E-state index contributed by atoms with van der Waals surface area (Å²) < 4.78 is 16.9. The third kappa shape index (κ3) is 4.07. The molecule has 150 valence electrons. The van der Waals surface area contributed by atoms with Gasteiger partial charge in [0.15, 0.2) is 0 Å². The summed E-state index contributed by atoms with van der Waals surface area (Å²) >= 11 is 0. The summed E-state index contributed by atoms with van der Waals surface area (Å²) in [4.78, 5) is 24.8.